The molecule has 8 nitrogen and oxygen atoms in total. The van der Waals surface area contributed by atoms with Gasteiger partial charge in [0.1, 0.15) is 23.9 Å². The number of aliphatic hydroxyl groups is 1. The molecule has 0 saturated heterocycles. The van der Waals surface area contributed by atoms with E-state index in [0.717, 1.165) is 0 Å². The number of nitrogens with one attached hydrogen (secondary N) is 1. The van der Waals surface area contributed by atoms with E-state index < -0.39 is 0 Å². The molecule has 1 aromatic heterocycles. The van der Waals surface area contributed by atoms with Crippen molar-refractivity contribution in [2.24, 2.45) is 0 Å². The van der Waals surface area contributed by atoms with Crippen molar-refractivity contribution in [2.75, 3.05) is 33.8 Å². The Balaban J connectivity index is 1.93. The molecule has 3 rings (SSSR count). The fourth-order valence-electron chi connectivity index (χ4n) is 3.00. The van der Waals surface area contributed by atoms with E-state index in [-0.39, 0.29) is 12.5 Å². The molecule has 1 amide bonds. The van der Waals surface area contributed by atoms with Gasteiger partial charge in [0, 0.05) is 11.3 Å². The Hall–Kier alpha value is -3.65. The Labute approximate surface area is 173 Å². The average molecular weight is 413 g/mol. The van der Waals surface area contributed by atoms with Gasteiger partial charge in [-0.2, -0.15) is 0 Å². The highest BCUT2D eigenvalue weighted by atomic mass is 16.5. The molecular weight excluding hydrogens is 390 g/mol. The quantitative estimate of drug-likeness (QED) is 0.580. The highest BCUT2D eigenvalue weighted by Gasteiger charge is 2.18. The first-order chi connectivity index (χ1) is 14.5. The number of amides is 1. The summed E-state index contributed by atoms with van der Waals surface area (Å²) in [5, 5.41) is 12.1. The predicted molar refractivity (Wildman–Crippen MR) is 111 cm³/mol. The Kier molecular flexibility index (Phi) is 6.48. The summed E-state index contributed by atoms with van der Waals surface area (Å²) in [6, 6.07) is 11.7. The Morgan fingerprint density at radius 3 is 2.10 bits per heavy atom. The van der Waals surface area contributed by atoms with E-state index in [1.54, 1.807) is 49.6 Å². The lowest BCUT2D eigenvalue weighted by Crippen LogP contribution is -2.12. The molecule has 30 heavy (non-hydrogen) atoms. The van der Waals surface area contributed by atoms with Crippen LogP contribution < -0.4 is 24.3 Å². The van der Waals surface area contributed by atoms with E-state index >= 15 is 0 Å². The van der Waals surface area contributed by atoms with Gasteiger partial charge in [0.2, 0.25) is 5.75 Å². The van der Waals surface area contributed by atoms with Gasteiger partial charge >= 0.3 is 0 Å². The zero-order valence-electron chi connectivity index (χ0n) is 17.1. The van der Waals surface area contributed by atoms with Gasteiger partial charge in [-0.3, -0.25) is 4.79 Å². The molecule has 0 unspecified atom stereocenters. The number of carbonyl (C=O) groups excluding carboxylic acids is 1. The van der Waals surface area contributed by atoms with E-state index in [1.165, 1.54) is 21.3 Å². The monoisotopic (exact) mass is 413 g/mol. The van der Waals surface area contributed by atoms with Crippen LogP contribution in [0.2, 0.25) is 0 Å². The summed E-state index contributed by atoms with van der Waals surface area (Å²) >= 11 is 0. The molecule has 0 fully saturated rings. The number of hydrogen-bond donors (Lipinski definition) is 2. The molecule has 8 heteroatoms. The van der Waals surface area contributed by atoms with Crippen molar-refractivity contribution in [1.82, 2.24) is 0 Å². The van der Waals surface area contributed by atoms with E-state index in [4.69, 9.17) is 23.4 Å². The zero-order valence-corrected chi connectivity index (χ0v) is 17.1. The van der Waals surface area contributed by atoms with Crippen molar-refractivity contribution in [3.05, 3.63) is 53.8 Å². The van der Waals surface area contributed by atoms with Crippen molar-refractivity contribution < 1.29 is 33.3 Å². The van der Waals surface area contributed by atoms with Crippen molar-refractivity contribution in [3.8, 4) is 34.3 Å². The Morgan fingerprint density at radius 2 is 1.57 bits per heavy atom. The number of aliphatic hydroxyl groups excluding tert-OH is 1. The summed E-state index contributed by atoms with van der Waals surface area (Å²) in [7, 11) is 6.01. The van der Waals surface area contributed by atoms with E-state index in [1.807, 2.05) is 0 Å². The number of carbonyl (C=O) groups is 1. The molecule has 0 spiro atoms. The average Bonchev–Trinajstić information content (AvgIpc) is 3.27. The van der Waals surface area contributed by atoms with Gasteiger partial charge in [-0.15, -0.1) is 0 Å². The lowest BCUT2D eigenvalue weighted by atomic mass is 10.1. The lowest BCUT2D eigenvalue weighted by Gasteiger charge is -2.14. The first-order valence-electron chi connectivity index (χ1n) is 9.04. The number of methoxy groups -OCH3 is 4. The standard InChI is InChI=1S/C22H23NO7/c1-26-17-7-5-14(11-16(17)18-8-6-15(12-24)30-18)23-22(25)13-9-19(27-2)21(29-4)20(10-13)28-3/h5-11,24H,12H2,1-4H3,(H,23,25). The van der Waals surface area contributed by atoms with Gasteiger partial charge in [0.05, 0.1) is 34.0 Å². The van der Waals surface area contributed by atoms with Crippen LogP contribution in [-0.4, -0.2) is 39.5 Å². The minimum absolute atomic E-state index is 0.208. The fraction of sp³-hybridized carbons (Fsp3) is 0.227. The van der Waals surface area contributed by atoms with Crippen molar-refractivity contribution in [3.63, 3.8) is 0 Å². The van der Waals surface area contributed by atoms with Crippen LogP contribution in [0.3, 0.4) is 0 Å². The molecular formula is C22H23NO7. The van der Waals surface area contributed by atoms with Crippen LogP contribution in [0, 0.1) is 0 Å². The molecule has 2 N–H and O–H groups in total. The lowest BCUT2D eigenvalue weighted by molar-refractivity contribution is 0.102. The van der Waals surface area contributed by atoms with Gasteiger partial charge < -0.3 is 33.8 Å². The summed E-state index contributed by atoms with van der Waals surface area (Å²) in [5.41, 5.74) is 1.51. The third-order valence-electron chi connectivity index (χ3n) is 4.47. The summed E-state index contributed by atoms with van der Waals surface area (Å²) in [6.07, 6.45) is 0. The zero-order chi connectivity index (χ0) is 21.7. The van der Waals surface area contributed by atoms with Gasteiger partial charge in [0.25, 0.3) is 5.91 Å². The summed E-state index contributed by atoms with van der Waals surface area (Å²) in [4.78, 5) is 12.9. The minimum atomic E-state index is -0.360. The molecule has 0 bridgehead atoms. The maximum atomic E-state index is 12.9. The van der Waals surface area contributed by atoms with E-state index in [0.29, 0.717) is 51.3 Å². The molecule has 0 aliphatic heterocycles. The van der Waals surface area contributed by atoms with Crippen LogP contribution >= 0.6 is 0 Å². The third kappa shape index (κ3) is 4.18. The van der Waals surface area contributed by atoms with Crippen LogP contribution in [0.4, 0.5) is 5.69 Å². The van der Waals surface area contributed by atoms with E-state index in [9.17, 15) is 9.90 Å². The molecule has 158 valence electrons. The molecule has 1 heterocycles. The van der Waals surface area contributed by atoms with Gasteiger partial charge in [0.15, 0.2) is 11.5 Å². The van der Waals surface area contributed by atoms with Crippen LogP contribution in [0.5, 0.6) is 23.0 Å². The SMILES string of the molecule is COc1ccc(NC(=O)c2cc(OC)c(OC)c(OC)c2)cc1-c1ccc(CO)o1. The normalized spacial score (nSPS) is 10.4. The Bertz CT molecular complexity index is 1020. The summed E-state index contributed by atoms with van der Waals surface area (Å²) < 4.78 is 26.9. The first kappa shape index (κ1) is 21.1. The predicted octanol–water partition coefficient (Wildman–Crippen LogP) is 3.73. The number of furan rings is 1. The van der Waals surface area contributed by atoms with Crippen LogP contribution in [0.1, 0.15) is 16.1 Å². The van der Waals surface area contributed by atoms with Crippen molar-refractivity contribution in [1.29, 1.82) is 0 Å². The number of rotatable bonds is 8. The van der Waals surface area contributed by atoms with Crippen molar-refractivity contribution >= 4 is 11.6 Å². The fourth-order valence-corrected chi connectivity index (χ4v) is 3.00. The topological polar surface area (TPSA) is 99.4 Å². The maximum absolute atomic E-state index is 12.9. The minimum Gasteiger partial charge on any atom is -0.496 e. The third-order valence-corrected chi connectivity index (χ3v) is 4.47. The number of benzene rings is 2. The second-order valence-electron chi connectivity index (χ2n) is 6.21. The Morgan fingerprint density at radius 1 is 0.900 bits per heavy atom. The molecule has 0 atom stereocenters. The summed E-state index contributed by atoms with van der Waals surface area (Å²) in [6.45, 7) is -0.208. The second-order valence-corrected chi connectivity index (χ2v) is 6.21. The largest absolute Gasteiger partial charge is 0.496 e. The highest BCUT2D eigenvalue weighted by molar-refractivity contribution is 6.05. The molecule has 2 aromatic carbocycles. The van der Waals surface area contributed by atoms with Crippen molar-refractivity contribution in [2.45, 2.75) is 6.61 Å². The molecule has 0 saturated carbocycles. The van der Waals surface area contributed by atoms with Crippen LogP contribution in [-0.2, 0) is 6.61 Å². The van der Waals surface area contributed by atoms with Gasteiger partial charge in [-0.05, 0) is 42.5 Å². The van der Waals surface area contributed by atoms with E-state index in [2.05, 4.69) is 5.32 Å². The molecule has 0 aliphatic rings. The van der Waals surface area contributed by atoms with Crippen LogP contribution in [0.15, 0.2) is 46.9 Å². The number of ether oxygens (including phenoxy) is 4. The molecule has 0 aliphatic carbocycles. The number of hydrogen-bond acceptors (Lipinski definition) is 7. The number of anilines is 1. The summed E-state index contributed by atoms with van der Waals surface area (Å²) in [5.74, 6) is 2.31. The highest BCUT2D eigenvalue weighted by Crippen LogP contribution is 2.39. The second kappa shape index (κ2) is 9.23. The van der Waals surface area contributed by atoms with Crippen LogP contribution in [0.25, 0.3) is 11.3 Å². The molecule has 0 radical (unpaired) electrons. The molecule has 3 aromatic rings. The van der Waals surface area contributed by atoms with Gasteiger partial charge in [-0.1, -0.05) is 0 Å². The first-order valence-corrected chi connectivity index (χ1v) is 9.04. The maximum Gasteiger partial charge on any atom is 0.255 e. The van der Waals surface area contributed by atoms with Gasteiger partial charge in [-0.25, -0.2) is 0 Å². The smallest absolute Gasteiger partial charge is 0.255 e.